The Bertz CT molecular complexity index is 2080. The Morgan fingerprint density at radius 2 is 1.74 bits per heavy atom. The molecule has 4 aliphatic heterocycles. The Balaban J connectivity index is 0.827. The lowest BCUT2D eigenvalue weighted by Gasteiger charge is -2.40. The Morgan fingerprint density at radius 1 is 0.948 bits per heavy atom. The van der Waals surface area contributed by atoms with Crippen molar-refractivity contribution >= 4 is 46.7 Å². The number of amides is 4. The summed E-state index contributed by atoms with van der Waals surface area (Å²) in [6, 6.07) is 14.0. The molecule has 0 bridgehead atoms. The third-order valence-electron chi connectivity index (χ3n) is 13.3. The van der Waals surface area contributed by atoms with Gasteiger partial charge in [-0.15, -0.1) is 0 Å². The van der Waals surface area contributed by atoms with Crippen molar-refractivity contribution in [1.29, 1.82) is 0 Å². The molecular weight excluding hydrogens is 735 g/mol. The number of unbranched alkanes of at least 4 members (excludes halogenated alkanes) is 1. The first-order valence-electron chi connectivity index (χ1n) is 21.0. The first-order valence-corrected chi connectivity index (χ1v) is 21.0. The molecule has 58 heavy (non-hydrogen) atoms. The molecule has 3 aromatic rings. The minimum absolute atomic E-state index is 0.0296. The number of hydrogen-bond donors (Lipinski definition) is 2. The summed E-state index contributed by atoms with van der Waals surface area (Å²) in [5.74, 6) is 0.0645. The standard InChI is InChI=1S/C44H55N9O5/c1-44(17-21-50(22-18-44)19-4-3-7-29-8-5-10-34-35(29)28-53(42(34)57)36-16-15-33(54)25-37(36)55)30-11-13-31(14-12-30)47-41-39(40(45)56)46-26-38(48-41)51-20-6-9-32(27-51)52-24-23-49(2)43(52)58/h5,8,10-14,26,32,36H,3-4,6-7,9,15-25,27-28H2,1-2H3,(H2,45,56)(H,47,48)/t32-,36?/m1/s1. The third kappa shape index (κ3) is 8.03. The number of aromatic nitrogens is 2. The van der Waals surface area contributed by atoms with Gasteiger partial charge in [0.05, 0.1) is 24.7 Å². The Morgan fingerprint density at radius 3 is 2.47 bits per heavy atom. The maximum atomic E-state index is 13.3. The monoisotopic (exact) mass is 789 g/mol. The summed E-state index contributed by atoms with van der Waals surface area (Å²) in [6.45, 7) is 8.75. The van der Waals surface area contributed by atoms with E-state index in [0.717, 1.165) is 95.5 Å². The molecule has 0 spiro atoms. The van der Waals surface area contributed by atoms with Crippen LogP contribution in [0.2, 0.25) is 0 Å². The number of benzene rings is 2. The number of ketones is 2. The number of hydrogen-bond acceptors (Lipinski definition) is 10. The summed E-state index contributed by atoms with van der Waals surface area (Å²) in [5.41, 5.74) is 10.8. The fourth-order valence-corrected chi connectivity index (χ4v) is 9.62. The number of primary amides is 1. The molecule has 8 rings (SSSR count). The van der Waals surface area contributed by atoms with Crippen molar-refractivity contribution in [3.63, 3.8) is 0 Å². The van der Waals surface area contributed by atoms with Crippen LogP contribution in [0.3, 0.4) is 0 Å². The molecule has 1 unspecified atom stereocenters. The minimum Gasteiger partial charge on any atom is -0.364 e. The molecule has 306 valence electrons. The lowest BCUT2D eigenvalue weighted by molar-refractivity contribution is -0.133. The smallest absolute Gasteiger partial charge is 0.320 e. The topological polar surface area (TPSA) is 165 Å². The number of fused-ring (bicyclic) bond motifs is 1. The van der Waals surface area contributed by atoms with Crippen LogP contribution in [0.5, 0.6) is 0 Å². The van der Waals surface area contributed by atoms with Crippen molar-refractivity contribution in [3.05, 3.63) is 76.6 Å². The second-order valence-corrected chi connectivity index (χ2v) is 17.1. The number of nitrogens with one attached hydrogen (secondary N) is 1. The van der Waals surface area contributed by atoms with E-state index < -0.39 is 11.9 Å². The van der Waals surface area contributed by atoms with Gasteiger partial charge in [-0.05, 0) is 111 Å². The molecule has 5 heterocycles. The number of likely N-dealkylation sites (N-methyl/N-ethyl adjacent to an activating group) is 1. The molecule has 1 aromatic heterocycles. The Labute approximate surface area is 340 Å². The Hall–Kier alpha value is -5.37. The van der Waals surface area contributed by atoms with E-state index in [1.807, 2.05) is 36.2 Å². The highest BCUT2D eigenvalue weighted by atomic mass is 16.2. The zero-order valence-electron chi connectivity index (χ0n) is 33.8. The lowest BCUT2D eigenvalue weighted by Crippen LogP contribution is -2.49. The zero-order chi connectivity index (χ0) is 40.6. The van der Waals surface area contributed by atoms with Crippen LogP contribution in [0.4, 0.5) is 22.1 Å². The molecule has 2 aromatic carbocycles. The molecule has 3 saturated heterocycles. The average molecular weight is 790 g/mol. The molecule has 3 N–H and O–H groups in total. The summed E-state index contributed by atoms with van der Waals surface area (Å²) < 4.78 is 0. The van der Waals surface area contributed by atoms with Gasteiger partial charge >= 0.3 is 6.03 Å². The van der Waals surface area contributed by atoms with Gasteiger partial charge in [0.1, 0.15) is 11.6 Å². The second-order valence-electron chi connectivity index (χ2n) is 17.1. The molecule has 5 aliphatic rings. The molecule has 4 fully saturated rings. The van der Waals surface area contributed by atoms with Gasteiger partial charge in [0.15, 0.2) is 17.3 Å². The number of nitrogens with two attached hydrogens (primary N) is 1. The van der Waals surface area contributed by atoms with Crippen molar-refractivity contribution < 1.29 is 24.0 Å². The SMILES string of the molecule is CN1CCN([C@@H]2CCCN(c3cnc(C(N)=O)c(Nc4ccc(C5(C)CCN(CCCCc6cccc7c6CN(C6CCC(=O)CC6=O)C7=O)CC5)cc4)n3)C2)C1=O. The van der Waals surface area contributed by atoms with Crippen LogP contribution in [0.25, 0.3) is 0 Å². The van der Waals surface area contributed by atoms with Crippen LogP contribution in [0.15, 0.2) is 48.7 Å². The van der Waals surface area contributed by atoms with Crippen LogP contribution in [0, 0.1) is 0 Å². The fourth-order valence-electron chi connectivity index (χ4n) is 9.62. The third-order valence-corrected chi connectivity index (χ3v) is 13.3. The first-order chi connectivity index (χ1) is 28.0. The van der Waals surface area contributed by atoms with E-state index in [1.54, 1.807) is 16.0 Å². The van der Waals surface area contributed by atoms with Crippen LogP contribution < -0.4 is 16.0 Å². The van der Waals surface area contributed by atoms with Gasteiger partial charge in [-0.2, -0.15) is 0 Å². The maximum absolute atomic E-state index is 13.3. The quantitative estimate of drug-likeness (QED) is 0.195. The summed E-state index contributed by atoms with van der Waals surface area (Å²) >= 11 is 0. The largest absolute Gasteiger partial charge is 0.364 e. The van der Waals surface area contributed by atoms with Gasteiger partial charge in [-0.1, -0.05) is 31.2 Å². The predicted octanol–water partition coefficient (Wildman–Crippen LogP) is 4.68. The van der Waals surface area contributed by atoms with Crippen LogP contribution in [-0.2, 0) is 28.0 Å². The number of carbonyl (C=O) groups is 5. The summed E-state index contributed by atoms with van der Waals surface area (Å²) in [4.78, 5) is 82.0. The van der Waals surface area contributed by atoms with Gasteiger partial charge in [0.2, 0.25) is 0 Å². The van der Waals surface area contributed by atoms with Crippen molar-refractivity contribution in [2.75, 3.05) is 63.1 Å². The first kappa shape index (κ1) is 39.5. The number of carbonyl (C=O) groups excluding carboxylic acids is 5. The number of rotatable bonds is 12. The van der Waals surface area contributed by atoms with Crippen molar-refractivity contribution in [2.24, 2.45) is 5.73 Å². The average Bonchev–Trinajstić information content (AvgIpc) is 3.74. The molecular formula is C44H55N9O5. The van der Waals surface area contributed by atoms with E-state index in [4.69, 9.17) is 10.7 Å². The summed E-state index contributed by atoms with van der Waals surface area (Å²) in [5, 5.41) is 3.31. The molecule has 0 radical (unpaired) electrons. The predicted molar refractivity (Wildman–Crippen MR) is 220 cm³/mol. The van der Waals surface area contributed by atoms with Crippen molar-refractivity contribution in [3.8, 4) is 0 Å². The number of piperidine rings is 2. The van der Waals surface area contributed by atoms with Gasteiger partial charge in [-0.3, -0.25) is 19.2 Å². The van der Waals surface area contributed by atoms with Crippen molar-refractivity contribution in [2.45, 2.75) is 95.2 Å². The van der Waals surface area contributed by atoms with Crippen LogP contribution in [-0.4, -0.2) is 124 Å². The van der Waals surface area contributed by atoms with E-state index in [1.165, 1.54) is 11.1 Å². The lowest BCUT2D eigenvalue weighted by atomic mass is 9.74. The van der Waals surface area contributed by atoms with Crippen molar-refractivity contribution in [1.82, 2.24) is 29.6 Å². The van der Waals surface area contributed by atoms with E-state index >= 15 is 0 Å². The number of nitrogens with zero attached hydrogens (tertiary/aromatic N) is 7. The Kier molecular flexibility index (Phi) is 11.2. The number of anilines is 3. The van der Waals surface area contributed by atoms with E-state index in [0.29, 0.717) is 43.1 Å². The molecule has 1 aliphatic carbocycles. The number of urea groups is 1. The van der Waals surface area contributed by atoms with E-state index in [-0.39, 0.29) is 47.1 Å². The maximum Gasteiger partial charge on any atom is 0.320 e. The molecule has 14 nitrogen and oxygen atoms in total. The van der Waals surface area contributed by atoms with E-state index in [9.17, 15) is 24.0 Å². The highest BCUT2D eigenvalue weighted by Gasteiger charge is 2.40. The molecule has 1 saturated carbocycles. The molecule has 14 heteroatoms. The normalized spacial score (nSPS) is 22.5. The number of likely N-dealkylation sites (tertiary alicyclic amines) is 1. The van der Waals surface area contributed by atoms with Gasteiger partial charge in [-0.25, -0.2) is 14.8 Å². The summed E-state index contributed by atoms with van der Waals surface area (Å²) in [6.07, 6.45) is 9.26. The highest BCUT2D eigenvalue weighted by Crippen LogP contribution is 2.37. The molecule has 2 atom stereocenters. The van der Waals surface area contributed by atoms with Crippen LogP contribution in [0.1, 0.15) is 102 Å². The van der Waals surface area contributed by atoms with Crippen LogP contribution >= 0.6 is 0 Å². The zero-order valence-corrected chi connectivity index (χ0v) is 33.8. The van der Waals surface area contributed by atoms with Gasteiger partial charge in [0, 0.05) is 57.4 Å². The molecule has 4 amide bonds. The fraction of sp³-hybridized carbons (Fsp3) is 0.523. The number of Topliss-reactive ketones (excluding diaryl/α,β-unsaturated/α-hetero) is 2. The van der Waals surface area contributed by atoms with Gasteiger partial charge in [0.25, 0.3) is 11.8 Å². The minimum atomic E-state index is -0.653. The highest BCUT2D eigenvalue weighted by molar-refractivity contribution is 6.07. The second kappa shape index (κ2) is 16.5. The number of aryl methyl sites for hydroxylation is 1. The van der Waals surface area contributed by atoms with Gasteiger partial charge < -0.3 is 35.6 Å². The summed E-state index contributed by atoms with van der Waals surface area (Å²) in [7, 11) is 1.84. The van der Waals surface area contributed by atoms with E-state index in [2.05, 4.69) is 45.2 Å².